The van der Waals surface area contributed by atoms with E-state index in [4.69, 9.17) is 0 Å². The van der Waals surface area contributed by atoms with Crippen molar-refractivity contribution in [2.75, 3.05) is 6.54 Å². The predicted octanol–water partition coefficient (Wildman–Crippen LogP) is 2.89. The van der Waals surface area contributed by atoms with E-state index in [-0.39, 0.29) is 12.1 Å². The summed E-state index contributed by atoms with van der Waals surface area (Å²) in [4.78, 5) is 12.3. The van der Waals surface area contributed by atoms with Crippen LogP contribution in [0.2, 0.25) is 0 Å². The largest absolute Gasteiger partial charge is 0.338 e. The molecule has 2 amide bonds. The lowest BCUT2D eigenvalue weighted by Gasteiger charge is -2.19. The SMILES string of the molecule is C[C@@H]1Cc2ccccc2[C@H]1NC(=O)NCCCc1nnc2ccccn12. The average Bonchev–Trinajstić information content (AvgIpc) is 3.20. The summed E-state index contributed by atoms with van der Waals surface area (Å²) in [6, 6.07) is 14.2. The summed E-state index contributed by atoms with van der Waals surface area (Å²) in [7, 11) is 0. The molecule has 3 aromatic rings. The molecule has 0 saturated heterocycles. The average molecular weight is 349 g/mol. The summed E-state index contributed by atoms with van der Waals surface area (Å²) in [6.45, 7) is 2.79. The van der Waals surface area contributed by atoms with E-state index in [2.05, 4.69) is 46.0 Å². The van der Waals surface area contributed by atoms with Crippen LogP contribution in [0.15, 0.2) is 48.7 Å². The molecule has 0 bridgehead atoms. The molecule has 2 aromatic heterocycles. The third-order valence-corrected chi connectivity index (χ3v) is 5.03. The summed E-state index contributed by atoms with van der Waals surface area (Å²) in [5, 5.41) is 14.4. The van der Waals surface area contributed by atoms with Gasteiger partial charge in [-0.1, -0.05) is 37.3 Å². The molecule has 1 aliphatic carbocycles. The Kier molecular flexibility index (Phi) is 4.56. The van der Waals surface area contributed by atoms with Crippen molar-refractivity contribution in [2.45, 2.75) is 32.2 Å². The molecule has 2 heterocycles. The van der Waals surface area contributed by atoms with Crippen molar-refractivity contribution < 1.29 is 4.79 Å². The van der Waals surface area contributed by atoms with Gasteiger partial charge in [0.05, 0.1) is 6.04 Å². The van der Waals surface area contributed by atoms with E-state index in [1.807, 2.05) is 34.9 Å². The Hall–Kier alpha value is -2.89. The summed E-state index contributed by atoms with van der Waals surface area (Å²) >= 11 is 0. The minimum Gasteiger partial charge on any atom is -0.338 e. The number of amides is 2. The van der Waals surface area contributed by atoms with Crippen LogP contribution >= 0.6 is 0 Å². The topological polar surface area (TPSA) is 71.3 Å². The van der Waals surface area contributed by atoms with E-state index in [0.29, 0.717) is 12.5 Å². The Labute approximate surface area is 152 Å². The lowest BCUT2D eigenvalue weighted by Crippen LogP contribution is -2.39. The first-order chi connectivity index (χ1) is 12.7. The number of aromatic nitrogens is 3. The Balaban J connectivity index is 1.27. The van der Waals surface area contributed by atoms with Gasteiger partial charge >= 0.3 is 6.03 Å². The second kappa shape index (κ2) is 7.15. The highest BCUT2D eigenvalue weighted by Gasteiger charge is 2.29. The fourth-order valence-electron chi connectivity index (χ4n) is 3.72. The molecule has 2 N–H and O–H groups in total. The Morgan fingerprint density at radius 1 is 1.19 bits per heavy atom. The van der Waals surface area contributed by atoms with E-state index in [1.165, 1.54) is 11.1 Å². The monoisotopic (exact) mass is 349 g/mol. The zero-order valence-electron chi connectivity index (χ0n) is 14.9. The van der Waals surface area contributed by atoms with Crippen LogP contribution in [0.3, 0.4) is 0 Å². The van der Waals surface area contributed by atoms with Crippen molar-refractivity contribution in [3.63, 3.8) is 0 Å². The van der Waals surface area contributed by atoms with Crippen molar-refractivity contribution in [3.05, 3.63) is 65.6 Å². The van der Waals surface area contributed by atoms with Gasteiger partial charge in [0.15, 0.2) is 5.65 Å². The molecule has 1 aliphatic rings. The van der Waals surface area contributed by atoms with Crippen LogP contribution in [0.1, 0.15) is 36.3 Å². The summed E-state index contributed by atoms with van der Waals surface area (Å²) < 4.78 is 1.98. The van der Waals surface area contributed by atoms with Crippen LogP contribution in [-0.4, -0.2) is 27.2 Å². The first-order valence-corrected chi connectivity index (χ1v) is 9.13. The van der Waals surface area contributed by atoms with Gasteiger partial charge in [0, 0.05) is 19.2 Å². The maximum absolute atomic E-state index is 12.3. The van der Waals surface area contributed by atoms with Crippen LogP contribution in [0.25, 0.3) is 5.65 Å². The van der Waals surface area contributed by atoms with Crippen molar-refractivity contribution in [3.8, 4) is 0 Å². The highest BCUT2D eigenvalue weighted by Crippen LogP contribution is 2.35. The number of nitrogens with one attached hydrogen (secondary N) is 2. The molecular formula is C20H23N5O. The molecule has 4 rings (SSSR count). The van der Waals surface area contributed by atoms with Gasteiger partial charge in [-0.2, -0.15) is 0 Å². The molecule has 6 heteroatoms. The van der Waals surface area contributed by atoms with Crippen molar-refractivity contribution in [2.24, 2.45) is 5.92 Å². The fraction of sp³-hybridized carbons (Fsp3) is 0.350. The maximum atomic E-state index is 12.3. The van der Waals surface area contributed by atoms with Gasteiger partial charge in [-0.15, -0.1) is 10.2 Å². The minimum atomic E-state index is -0.107. The summed E-state index contributed by atoms with van der Waals surface area (Å²) in [5.74, 6) is 1.33. The number of aryl methyl sites for hydroxylation is 1. The van der Waals surface area contributed by atoms with Crippen molar-refractivity contribution in [1.29, 1.82) is 0 Å². The van der Waals surface area contributed by atoms with Gasteiger partial charge in [0.1, 0.15) is 5.82 Å². The minimum absolute atomic E-state index is 0.0895. The number of benzene rings is 1. The molecule has 26 heavy (non-hydrogen) atoms. The van der Waals surface area contributed by atoms with Gasteiger partial charge in [0.25, 0.3) is 0 Å². The third-order valence-electron chi connectivity index (χ3n) is 5.03. The van der Waals surface area contributed by atoms with Crippen LogP contribution in [0.4, 0.5) is 4.79 Å². The van der Waals surface area contributed by atoms with E-state index in [9.17, 15) is 4.79 Å². The number of urea groups is 1. The van der Waals surface area contributed by atoms with E-state index in [1.54, 1.807) is 0 Å². The normalized spacial score (nSPS) is 18.7. The van der Waals surface area contributed by atoms with Gasteiger partial charge in [-0.25, -0.2) is 4.79 Å². The lowest BCUT2D eigenvalue weighted by molar-refractivity contribution is 0.233. The van der Waals surface area contributed by atoms with Gasteiger partial charge in [0.2, 0.25) is 0 Å². The van der Waals surface area contributed by atoms with Crippen LogP contribution in [0.5, 0.6) is 0 Å². The number of hydrogen-bond acceptors (Lipinski definition) is 3. The van der Waals surface area contributed by atoms with E-state index in [0.717, 1.165) is 30.7 Å². The molecule has 0 fully saturated rings. The van der Waals surface area contributed by atoms with Crippen LogP contribution in [-0.2, 0) is 12.8 Å². The smallest absolute Gasteiger partial charge is 0.315 e. The second-order valence-electron chi connectivity index (χ2n) is 6.91. The number of pyridine rings is 1. The molecule has 0 radical (unpaired) electrons. The van der Waals surface area contributed by atoms with Crippen LogP contribution < -0.4 is 10.6 Å². The molecule has 0 spiro atoms. The van der Waals surface area contributed by atoms with Gasteiger partial charge in [-0.3, -0.25) is 4.40 Å². The molecule has 134 valence electrons. The summed E-state index contributed by atoms with van der Waals surface area (Å²) in [5.41, 5.74) is 3.43. The molecule has 2 atom stereocenters. The number of fused-ring (bicyclic) bond motifs is 2. The number of carbonyl (C=O) groups excluding carboxylic acids is 1. The lowest BCUT2D eigenvalue weighted by atomic mass is 10.0. The number of carbonyl (C=O) groups is 1. The van der Waals surface area contributed by atoms with Gasteiger partial charge in [-0.05, 0) is 42.0 Å². The Bertz CT molecular complexity index is 919. The Morgan fingerprint density at radius 2 is 2.04 bits per heavy atom. The zero-order valence-corrected chi connectivity index (χ0v) is 14.9. The molecule has 1 aromatic carbocycles. The molecule has 0 saturated carbocycles. The molecule has 0 aliphatic heterocycles. The number of nitrogens with zero attached hydrogens (tertiary/aromatic N) is 3. The molecule has 6 nitrogen and oxygen atoms in total. The first-order valence-electron chi connectivity index (χ1n) is 9.13. The summed E-state index contributed by atoms with van der Waals surface area (Å²) in [6.07, 6.45) is 4.57. The standard InChI is InChI=1S/C20H23N5O/c1-14-13-15-7-2-3-8-16(15)19(14)22-20(26)21-11-6-10-18-24-23-17-9-4-5-12-25(17)18/h2-5,7-9,12,14,19H,6,10-11,13H2,1H3,(H2,21,22,26)/t14-,19+/m1/s1. The molecular weight excluding hydrogens is 326 g/mol. The first kappa shape index (κ1) is 16.6. The fourth-order valence-corrected chi connectivity index (χ4v) is 3.72. The Morgan fingerprint density at radius 3 is 2.96 bits per heavy atom. The highest BCUT2D eigenvalue weighted by molar-refractivity contribution is 5.74. The van der Waals surface area contributed by atoms with Crippen LogP contribution in [0, 0.1) is 5.92 Å². The second-order valence-corrected chi connectivity index (χ2v) is 6.91. The third kappa shape index (κ3) is 3.27. The zero-order chi connectivity index (χ0) is 17.9. The van der Waals surface area contributed by atoms with Crippen molar-refractivity contribution >= 4 is 11.7 Å². The predicted molar refractivity (Wildman–Crippen MR) is 99.9 cm³/mol. The number of rotatable bonds is 5. The highest BCUT2D eigenvalue weighted by atomic mass is 16.2. The van der Waals surface area contributed by atoms with Crippen molar-refractivity contribution in [1.82, 2.24) is 25.2 Å². The van der Waals surface area contributed by atoms with E-state index >= 15 is 0 Å². The number of hydrogen-bond donors (Lipinski definition) is 2. The maximum Gasteiger partial charge on any atom is 0.315 e. The van der Waals surface area contributed by atoms with Gasteiger partial charge < -0.3 is 10.6 Å². The van der Waals surface area contributed by atoms with E-state index < -0.39 is 0 Å². The molecule has 0 unspecified atom stereocenters. The quantitative estimate of drug-likeness (QED) is 0.696.